The van der Waals surface area contributed by atoms with Gasteiger partial charge in [0.1, 0.15) is 18.0 Å². The molecule has 1 fully saturated rings. The fourth-order valence-electron chi connectivity index (χ4n) is 3.18. The van der Waals surface area contributed by atoms with Gasteiger partial charge in [-0.15, -0.1) is 0 Å². The number of nitrogens with zero attached hydrogens (tertiary/aromatic N) is 3. The van der Waals surface area contributed by atoms with Gasteiger partial charge in [0, 0.05) is 36.0 Å². The van der Waals surface area contributed by atoms with E-state index in [0.717, 1.165) is 37.2 Å². The van der Waals surface area contributed by atoms with Crippen LogP contribution in [0.4, 0.5) is 15.9 Å². The number of carbonyl (C=O) groups excluding carboxylic acids is 1. The molecule has 4 rings (SSSR count). The molecule has 1 aromatic heterocycles. The number of hydrogen-bond donors (Lipinski definition) is 1. The second-order valence-corrected chi connectivity index (χ2v) is 6.50. The summed E-state index contributed by atoms with van der Waals surface area (Å²) < 4.78 is 13.1. The first-order valence-electron chi connectivity index (χ1n) is 8.93. The maximum absolute atomic E-state index is 13.1. The van der Waals surface area contributed by atoms with Gasteiger partial charge >= 0.3 is 0 Å². The molecule has 2 aromatic carbocycles. The monoisotopic (exact) mass is 362 g/mol. The van der Waals surface area contributed by atoms with Crippen molar-refractivity contribution >= 4 is 17.4 Å². The summed E-state index contributed by atoms with van der Waals surface area (Å²) in [6.45, 7) is 1.65. The van der Waals surface area contributed by atoms with E-state index in [1.807, 2.05) is 29.2 Å². The second kappa shape index (κ2) is 7.53. The van der Waals surface area contributed by atoms with E-state index in [4.69, 9.17) is 0 Å². The summed E-state index contributed by atoms with van der Waals surface area (Å²) in [4.78, 5) is 22.9. The Morgan fingerprint density at radius 3 is 2.56 bits per heavy atom. The molecule has 5 nitrogen and oxygen atoms in total. The van der Waals surface area contributed by atoms with Crippen molar-refractivity contribution in [1.29, 1.82) is 0 Å². The molecule has 136 valence electrons. The van der Waals surface area contributed by atoms with Crippen molar-refractivity contribution in [3.8, 4) is 11.3 Å². The lowest BCUT2D eigenvalue weighted by atomic mass is 10.1. The van der Waals surface area contributed by atoms with Crippen molar-refractivity contribution in [1.82, 2.24) is 14.9 Å². The van der Waals surface area contributed by atoms with Crippen molar-refractivity contribution in [2.24, 2.45) is 0 Å². The maximum Gasteiger partial charge on any atom is 0.253 e. The summed E-state index contributed by atoms with van der Waals surface area (Å²) in [6.07, 6.45) is 3.59. The van der Waals surface area contributed by atoms with E-state index >= 15 is 0 Å². The Bertz CT molecular complexity index is 952. The Morgan fingerprint density at radius 1 is 1.00 bits per heavy atom. The number of halogens is 1. The lowest BCUT2D eigenvalue weighted by molar-refractivity contribution is 0.0793. The molecule has 2 heterocycles. The van der Waals surface area contributed by atoms with Gasteiger partial charge in [-0.05, 0) is 55.3 Å². The zero-order valence-corrected chi connectivity index (χ0v) is 14.7. The van der Waals surface area contributed by atoms with Crippen LogP contribution in [0, 0.1) is 5.82 Å². The number of hydrogen-bond acceptors (Lipinski definition) is 4. The van der Waals surface area contributed by atoms with E-state index < -0.39 is 0 Å². The maximum atomic E-state index is 13.1. The van der Waals surface area contributed by atoms with Gasteiger partial charge in [0.05, 0.1) is 5.69 Å². The molecule has 6 heteroatoms. The van der Waals surface area contributed by atoms with Crippen molar-refractivity contribution in [2.45, 2.75) is 12.8 Å². The SMILES string of the molecule is O=C(c1cccc(Nc2cc(-c3ccc(F)cc3)ncn2)c1)N1CCCC1. The number of carbonyl (C=O) groups is 1. The van der Waals surface area contributed by atoms with Gasteiger partial charge < -0.3 is 10.2 Å². The van der Waals surface area contributed by atoms with Crippen molar-refractivity contribution in [3.05, 3.63) is 72.3 Å². The highest BCUT2D eigenvalue weighted by Crippen LogP contribution is 2.22. The third-order valence-corrected chi connectivity index (χ3v) is 4.58. The molecule has 0 unspecified atom stereocenters. The normalized spacial score (nSPS) is 13.6. The van der Waals surface area contributed by atoms with Gasteiger partial charge in [0.15, 0.2) is 0 Å². The number of benzene rings is 2. The molecule has 0 spiro atoms. The van der Waals surface area contributed by atoms with Gasteiger partial charge in [0.2, 0.25) is 0 Å². The summed E-state index contributed by atoms with van der Waals surface area (Å²) in [5.74, 6) is 0.381. The van der Waals surface area contributed by atoms with Gasteiger partial charge in [0.25, 0.3) is 5.91 Å². The summed E-state index contributed by atoms with van der Waals surface area (Å²) in [5.41, 5.74) is 2.94. The number of anilines is 2. The molecule has 0 bridgehead atoms. The second-order valence-electron chi connectivity index (χ2n) is 6.50. The Morgan fingerprint density at radius 2 is 1.78 bits per heavy atom. The van der Waals surface area contributed by atoms with Crippen LogP contribution < -0.4 is 5.32 Å². The summed E-state index contributed by atoms with van der Waals surface area (Å²) in [5, 5.41) is 3.22. The van der Waals surface area contributed by atoms with Crippen LogP contribution in [0.25, 0.3) is 11.3 Å². The number of nitrogens with one attached hydrogen (secondary N) is 1. The molecule has 1 amide bonds. The molecule has 1 aliphatic heterocycles. The molecule has 0 radical (unpaired) electrons. The zero-order chi connectivity index (χ0) is 18.6. The van der Waals surface area contributed by atoms with Crippen LogP contribution in [0.2, 0.25) is 0 Å². The van der Waals surface area contributed by atoms with Crippen molar-refractivity contribution < 1.29 is 9.18 Å². The summed E-state index contributed by atoms with van der Waals surface area (Å²) in [7, 11) is 0. The third-order valence-electron chi connectivity index (χ3n) is 4.58. The highest BCUT2D eigenvalue weighted by atomic mass is 19.1. The van der Waals surface area contributed by atoms with Crippen LogP contribution in [0.3, 0.4) is 0 Å². The van der Waals surface area contributed by atoms with Crippen LogP contribution in [0.5, 0.6) is 0 Å². The minimum Gasteiger partial charge on any atom is -0.340 e. The van der Waals surface area contributed by atoms with E-state index in [0.29, 0.717) is 17.1 Å². The smallest absolute Gasteiger partial charge is 0.253 e. The lowest BCUT2D eigenvalue weighted by Gasteiger charge is -2.16. The van der Waals surface area contributed by atoms with Crippen LogP contribution in [0.15, 0.2) is 60.9 Å². The van der Waals surface area contributed by atoms with Crippen LogP contribution in [-0.4, -0.2) is 33.9 Å². The summed E-state index contributed by atoms with van der Waals surface area (Å²) >= 11 is 0. The Hall–Kier alpha value is -3.28. The van der Waals surface area contributed by atoms with E-state index in [2.05, 4.69) is 15.3 Å². The van der Waals surface area contributed by atoms with E-state index in [1.54, 1.807) is 18.2 Å². The fraction of sp³-hybridized carbons (Fsp3) is 0.190. The first kappa shape index (κ1) is 17.1. The molecule has 27 heavy (non-hydrogen) atoms. The lowest BCUT2D eigenvalue weighted by Crippen LogP contribution is -2.27. The quantitative estimate of drug-likeness (QED) is 0.753. The molecule has 1 saturated heterocycles. The largest absolute Gasteiger partial charge is 0.340 e. The Kier molecular flexibility index (Phi) is 4.78. The fourth-order valence-corrected chi connectivity index (χ4v) is 3.18. The summed E-state index contributed by atoms with van der Waals surface area (Å²) in [6, 6.07) is 15.4. The molecular formula is C21H19FN4O. The number of aromatic nitrogens is 2. The zero-order valence-electron chi connectivity index (χ0n) is 14.7. The van der Waals surface area contributed by atoms with Crippen molar-refractivity contribution in [2.75, 3.05) is 18.4 Å². The molecule has 3 aromatic rings. The Labute approximate surface area is 156 Å². The molecule has 0 saturated carbocycles. The molecule has 1 N–H and O–H groups in total. The van der Waals surface area contributed by atoms with Gasteiger partial charge in [-0.3, -0.25) is 4.79 Å². The highest BCUT2D eigenvalue weighted by molar-refractivity contribution is 5.95. The van der Waals surface area contributed by atoms with Gasteiger partial charge in [-0.2, -0.15) is 0 Å². The van der Waals surface area contributed by atoms with E-state index in [9.17, 15) is 9.18 Å². The average molecular weight is 362 g/mol. The van der Waals surface area contributed by atoms with E-state index in [1.165, 1.54) is 18.5 Å². The minimum atomic E-state index is -0.286. The topological polar surface area (TPSA) is 58.1 Å². The number of likely N-dealkylation sites (tertiary alicyclic amines) is 1. The first-order valence-corrected chi connectivity index (χ1v) is 8.93. The number of rotatable bonds is 4. The predicted molar refractivity (Wildman–Crippen MR) is 102 cm³/mol. The highest BCUT2D eigenvalue weighted by Gasteiger charge is 2.19. The minimum absolute atomic E-state index is 0.0610. The Balaban J connectivity index is 1.54. The van der Waals surface area contributed by atoms with Crippen LogP contribution in [-0.2, 0) is 0 Å². The van der Waals surface area contributed by atoms with Gasteiger partial charge in [-0.25, -0.2) is 14.4 Å². The standard InChI is InChI=1S/C21H19FN4O/c22-17-8-6-15(7-9-17)19-13-20(24-14-23-19)25-18-5-3-4-16(12-18)21(27)26-10-1-2-11-26/h3-9,12-14H,1-2,10-11H2,(H,23,24,25). The third kappa shape index (κ3) is 3.95. The van der Waals surface area contributed by atoms with Crippen LogP contribution >= 0.6 is 0 Å². The van der Waals surface area contributed by atoms with E-state index in [-0.39, 0.29) is 11.7 Å². The molecule has 1 aliphatic rings. The van der Waals surface area contributed by atoms with Crippen molar-refractivity contribution in [3.63, 3.8) is 0 Å². The number of amides is 1. The predicted octanol–water partition coefficient (Wildman–Crippen LogP) is 4.26. The molecule has 0 aliphatic carbocycles. The first-order chi connectivity index (χ1) is 13.2. The molecule has 0 atom stereocenters. The molecular weight excluding hydrogens is 343 g/mol. The van der Waals surface area contributed by atoms with Gasteiger partial charge in [-0.1, -0.05) is 6.07 Å². The average Bonchev–Trinajstić information content (AvgIpc) is 3.23. The van der Waals surface area contributed by atoms with Crippen LogP contribution in [0.1, 0.15) is 23.2 Å².